The molecule has 0 atom stereocenters. The second kappa shape index (κ2) is 6.01. The van der Waals surface area contributed by atoms with Crippen LogP contribution in [0.15, 0.2) is 24.3 Å². The maximum atomic E-state index is 11.1. The maximum Gasteiger partial charge on any atom is 0.338 e. The van der Waals surface area contributed by atoms with Gasteiger partial charge in [0.25, 0.3) is 0 Å². The summed E-state index contributed by atoms with van der Waals surface area (Å²) in [5, 5.41) is 8.41. The highest BCUT2D eigenvalue weighted by atomic mass is 16.5. The van der Waals surface area contributed by atoms with E-state index in [1.807, 2.05) is 6.92 Å². The number of hydrogen-bond acceptors (Lipinski definition) is 3. The van der Waals surface area contributed by atoms with Crippen molar-refractivity contribution in [2.24, 2.45) is 0 Å². The van der Waals surface area contributed by atoms with Gasteiger partial charge in [0.05, 0.1) is 23.8 Å². The smallest absolute Gasteiger partial charge is 0.338 e. The Morgan fingerprint density at radius 3 is 2.62 bits per heavy atom. The summed E-state index contributed by atoms with van der Waals surface area (Å²) >= 11 is 0. The van der Waals surface area contributed by atoms with Crippen molar-refractivity contribution in [2.45, 2.75) is 19.8 Å². The van der Waals surface area contributed by atoms with Crippen molar-refractivity contribution in [3.63, 3.8) is 0 Å². The summed E-state index contributed by atoms with van der Waals surface area (Å²) < 4.78 is 4.82. The van der Waals surface area contributed by atoms with Gasteiger partial charge in [-0.15, -0.1) is 0 Å². The highest BCUT2D eigenvalue weighted by molar-refractivity contribution is 5.93. The largest absolute Gasteiger partial charge is 0.462 e. The molecule has 0 aromatic carbocycles. The van der Waals surface area contributed by atoms with E-state index >= 15 is 0 Å². The number of unbranched alkanes of at least 4 members (excludes halogenated alkanes) is 1. The van der Waals surface area contributed by atoms with Gasteiger partial charge in [0, 0.05) is 0 Å². The normalized spacial score (nSPS) is 8.62. The molecule has 0 aromatic rings. The third-order valence-electron chi connectivity index (χ3n) is 1.48. The number of rotatable bonds is 5. The first kappa shape index (κ1) is 11.4. The standard InChI is InChI=1S/C10H13NO2/c1-4-5-6-13-10(12)9(3)8(2)7-11/h2-6H2,1H3. The molecule has 0 aliphatic rings. The third kappa shape index (κ3) is 4.12. The zero-order valence-corrected chi connectivity index (χ0v) is 7.80. The fourth-order valence-corrected chi connectivity index (χ4v) is 0.587. The zero-order chi connectivity index (χ0) is 10.3. The quantitative estimate of drug-likeness (QED) is 0.213. The monoisotopic (exact) mass is 179 g/mol. The van der Waals surface area contributed by atoms with Gasteiger partial charge in [-0.1, -0.05) is 26.5 Å². The van der Waals surface area contributed by atoms with Gasteiger partial charge in [0.2, 0.25) is 0 Å². The number of nitrogens with zero attached hydrogens (tertiary/aromatic N) is 1. The fourth-order valence-electron chi connectivity index (χ4n) is 0.587. The minimum absolute atomic E-state index is 0.0404. The molecule has 0 radical (unpaired) electrons. The van der Waals surface area contributed by atoms with E-state index < -0.39 is 5.97 Å². The molecule has 0 N–H and O–H groups in total. The lowest BCUT2D eigenvalue weighted by Gasteiger charge is -2.03. The van der Waals surface area contributed by atoms with Gasteiger partial charge < -0.3 is 4.74 Å². The number of nitriles is 1. The number of hydrogen-bond donors (Lipinski definition) is 0. The highest BCUT2D eigenvalue weighted by Gasteiger charge is 2.10. The predicted molar refractivity (Wildman–Crippen MR) is 49.8 cm³/mol. The van der Waals surface area contributed by atoms with Crippen LogP contribution >= 0.6 is 0 Å². The van der Waals surface area contributed by atoms with Crippen molar-refractivity contribution in [1.82, 2.24) is 0 Å². The minimum atomic E-state index is -0.556. The van der Waals surface area contributed by atoms with E-state index in [0.29, 0.717) is 6.61 Å². The topological polar surface area (TPSA) is 50.1 Å². The van der Waals surface area contributed by atoms with Gasteiger partial charge >= 0.3 is 5.97 Å². The second-order valence-corrected chi connectivity index (χ2v) is 2.56. The Kier molecular flexibility index (Phi) is 5.29. The molecule has 0 saturated carbocycles. The molecule has 0 aliphatic heterocycles. The van der Waals surface area contributed by atoms with E-state index in [1.165, 1.54) is 0 Å². The van der Waals surface area contributed by atoms with Gasteiger partial charge in [-0.3, -0.25) is 0 Å². The summed E-state index contributed by atoms with van der Waals surface area (Å²) in [6, 6.07) is 1.74. The zero-order valence-electron chi connectivity index (χ0n) is 7.80. The molecule has 0 bridgehead atoms. The molecule has 0 heterocycles. The molecule has 0 unspecified atom stereocenters. The van der Waals surface area contributed by atoms with Crippen LogP contribution in [0, 0.1) is 11.3 Å². The van der Waals surface area contributed by atoms with Crippen LogP contribution in [0.25, 0.3) is 0 Å². The van der Waals surface area contributed by atoms with E-state index in [9.17, 15) is 4.79 Å². The number of ether oxygens (including phenoxy) is 1. The Morgan fingerprint density at radius 2 is 2.15 bits per heavy atom. The molecule has 0 amide bonds. The van der Waals surface area contributed by atoms with Crippen molar-refractivity contribution < 1.29 is 9.53 Å². The summed E-state index contributed by atoms with van der Waals surface area (Å²) in [5.74, 6) is -0.556. The Bertz CT molecular complexity index is 261. The molecule has 70 valence electrons. The van der Waals surface area contributed by atoms with Gasteiger partial charge in [-0.05, 0) is 6.42 Å². The number of carbonyl (C=O) groups is 1. The van der Waals surface area contributed by atoms with Crippen molar-refractivity contribution >= 4 is 5.97 Å². The van der Waals surface area contributed by atoms with Gasteiger partial charge in [-0.25, -0.2) is 4.79 Å². The van der Waals surface area contributed by atoms with Crippen LogP contribution in [0.4, 0.5) is 0 Å². The molecule has 0 aromatic heterocycles. The van der Waals surface area contributed by atoms with Crippen LogP contribution in [0.2, 0.25) is 0 Å². The van der Waals surface area contributed by atoms with Crippen LogP contribution < -0.4 is 0 Å². The van der Waals surface area contributed by atoms with Crippen LogP contribution in [-0.2, 0) is 9.53 Å². The van der Waals surface area contributed by atoms with E-state index in [-0.39, 0.29) is 11.1 Å². The Morgan fingerprint density at radius 1 is 1.54 bits per heavy atom. The predicted octanol–water partition coefficient (Wildman–Crippen LogP) is 1.97. The van der Waals surface area contributed by atoms with E-state index in [0.717, 1.165) is 12.8 Å². The van der Waals surface area contributed by atoms with Gasteiger partial charge in [0.15, 0.2) is 0 Å². The lowest BCUT2D eigenvalue weighted by molar-refractivity contribution is -0.138. The van der Waals surface area contributed by atoms with Crippen molar-refractivity contribution in [3.05, 3.63) is 24.3 Å². The molecule has 3 nitrogen and oxygen atoms in total. The first-order chi connectivity index (χ1) is 6.13. The molecular formula is C10H13NO2. The Balaban J connectivity index is 3.92. The molecule has 3 heteroatoms. The second-order valence-electron chi connectivity index (χ2n) is 2.56. The first-order valence-electron chi connectivity index (χ1n) is 4.08. The maximum absolute atomic E-state index is 11.1. The van der Waals surface area contributed by atoms with Crippen LogP contribution in [0.3, 0.4) is 0 Å². The summed E-state index contributed by atoms with van der Waals surface area (Å²) in [4.78, 5) is 11.1. The molecule has 13 heavy (non-hydrogen) atoms. The molecular weight excluding hydrogens is 166 g/mol. The highest BCUT2D eigenvalue weighted by Crippen LogP contribution is 2.06. The van der Waals surface area contributed by atoms with Crippen LogP contribution in [0.1, 0.15) is 19.8 Å². The Hall–Kier alpha value is -1.56. The van der Waals surface area contributed by atoms with Gasteiger partial charge in [0.1, 0.15) is 0 Å². The number of carbonyl (C=O) groups excluding carboxylic acids is 1. The summed E-state index contributed by atoms with van der Waals surface area (Å²) in [7, 11) is 0. The molecule has 0 spiro atoms. The third-order valence-corrected chi connectivity index (χ3v) is 1.48. The fraction of sp³-hybridized carbons (Fsp3) is 0.400. The number of esters is 1. The molecule has 0 rings (SSSR count). The molecule has 0 saturated heterocycles. The van der Waals surface area contributed by atoms with Crippen molar-refractivity contribution in [1.29, 1.82) is 5.26 Å². The molecule has 0 aliphatic carbocycles. The summed E-state index contributed by atoms with van der Waals surface area (Å²) in [6.07, 6.45) is 1.77. The van der Waals surface area contributed by atoms with Crippen LogP contribution in [-0.4, -0.2) is 12.6 Å². The lowest BCUT2D eigenvalue weighted by atomic mass is 10.1. The summed E-state index contributed by atoms with van der Waals surface area (Å²) in [5.41, 5.74) is 0.0973. The lowest BCUT2D eigenvalue weighted by Crippen LogP contribution is -2.08. The first-order valence-corrected chi connectivity index (χ1v) is 4.08. The van der Waals surface area contributed by atoms with Crippen molar-refractivity contribution in [2.75, 3.05) is 6.61 Å². The SMILES string of the molecule is C=C(C#N)C(=C)C(=O)OCCCC. The average molecular weight is 179 g/mol. The van der Waals surface area contributed by atoms with Crippen LogP contribution in [0.5, 0.6) is 0 Å². The minimum Gasteiger partial charge on any atom is -0.462 e. The van der Waals surface area contributed by atoms with E-state index in [2.05, 4.69) is 13.2 Å². The molecule has 0 fully saturated rings. The van der Waals surface area contributed by atoms with Gasteiger partial charge in [-0.2, -0.15) is 5.26 Å². The summed E-state index contributed by atoms with van der Waals surface area (Å²) in [6.45, 7) is 9.13. The Labute approximate surface area is 78.3 Å². The van der Waals surface area contributed by atoms with Crippen molar-refractivity contribution in [3.8, 4) is 6.07 Å². The average Bonchev–Trinajstić information content (AvgIpc) is 2.15. The van der Waals surface area contributed by atoms with E-state index in [1.54, 1.807) is 6.07 Å². The van der Waals surface area contributed by atoms with E-state index in [4.69, 9.17) is 10.00 Å².